The van der Waals surface area contributed by atoms with Crippen LogP contribution < -0.4 is 10.6 Å². The number of nitrogens with zero attached hydrogens (tertiary/aromatic N) is 1. The number of rotatable bonds is 8. The van der Waals surface area contributed by atoms with Crippen LogP contribution in [0.4, 0.5) is 0 Å². The average Bonchev–Trinajstić information content (AvgIpc) is 2.53. The van der Waals surface area contributed by atoms with Gasteiger partial charge in [0.15, 0.2) is 0 Å². The van der Waals surface area contributed by atoms with Gasteiger partial charge >= 0.3 is 0 Å². The number of likely N-dealkylation sites (tertiary alicyclic amines) is 1. The Labute approximate surface area is 147 Å². The number of carbonyl (C=O) groups excluding carboxylic acids is 1. The molecule has 1 aromatic rings. The molecule has 1 fully saturated rings. The van der Waals surface area contributed by atoms with Crippen molar-refractivity contribution >= 4 is 5.91 Å². The maximum atomic E-state index is 11.9. The molecule has 4 nitrogen and oxygen atoms in total. The van der Waals surface area contributed by atoms with Crippen LogP contribution in [-0.2, 0) is 17.9 Å². The van der Waals surface area contributed by atoms with Gasteiger partial charge in [0.05, 0.1) is 0 Å². The van der Waals surface area contributed by atoms with Gasteiger partial charge in [0.2, 0.25) is 5.91 Å². The highest BCUT2D eigenvalue weighted by molar-refractivity contribution is 5.75. The Hall–Kier alpha value is -1.39. The van der Waals surface area contributed by atoms with E-state index in [-0.39, 0.29) is 5.91 Å². The lowest BCUT2D eigenvalue weighted by Gasteiger charge is -2.35. The molecule has 1 saturated heterocycles. The monoisotopic (exact) mass is 331 g/mol. The van der Waals surface area contributed by atoms with Crippen LogP contribution in [0.15, 0.2) is 24.3 Å². The standard InChI is InChI=1S/C20H33N3O/c1-16-11-17(2)14-23(13-16)15-19-8-5-4-7-18(19)12-22-20(24)9-6-10-21-3/h4-5,7-8,16-17,21H,6,9-15H2,1-3H3,(H,22,24). The van der Waals surface area contributed by atoms with E-state index in [2.05, 4.69) is 53.6 Å². The van der Waals surface area contributed by atoms with E-state index in [1.54, 1.807) is 0 Å². The Morgan fingerprint density at radius 2 is 1.83 bits per heavy atom. The quantitative estimate of drug-likeness (QED) is 0.720. The lowest BCUT2D eigenvalue weighted by Crippen LogP contribution is -2.38. The molecule has 4 heteroatoms. The van der Waals surface area contributed by atoms with Crippen molar-refractivity contribution in [3.8, 4) is 0 Å². The number of piperidine rings is 1. The molecule has 2 rings (SSSR count). The van der Waals surface area contributed by atoms with Crippen molar-refractivity contribution in [2.24, 2.45) is 11.8 Å². The van der Waals surface area contributed by atoms with E-state index in [1.165, 1.54) is 30.6 Å². The maximum absolute atomic E-state index is 11.9. The van der Waals surface area contributed by atoms with Crippen LogP contribution in [0.5, 0.6) is 0 Å². The minimum absolute atomic E-state index is 0.139. The van der Waals surface area contributed by atoms with Gasteiger partial charge in [0.25, 0.3) is 0 Å². The highest BCUT2D eigenvalue weighted by Gasteiger charge is 2.22. The molecule has 0 bridgehead atoms. The fourth-order valence-electron chi connectivity index (χ4n) is 3.75. The van der Waals surface area contributed by atoms with Gasteiger partial charge in [-0.25, -0.2) is 0 Å². The van der Waals surface area contributed by atoms with Crippen molar-refractivity contribution in [2.75, 3.05) is 26.7 Å². The summed E-state index contributed by atoms with van der Waals surface area (Å²) in [6.07, 6.45) is 2.80. The largest absolute Gasteiger partial charge is 0.352 e. The van der Waals surface area contributed by atoms with Gasteiger partial charge in [-0.1, -0.05) is 38.1 Å². The molecule has 134 valence electrons. The number of hydrogen-bond acceptors (Lipinski definition) is 3. The fraction of sp³-hybridized carbons (Fsp3) is 0.650. The molecule has 0 saturated carbocycles. The zero-order chi connectivity index (χ0) is 17.4. The highest BCUT2D eigenvalue weighted by Crippen LogP contribution is 2.23. The van der Waals surface area contributed by atoms with Gasteiger partial charge in [-0.05, 0) is 49.4 Å². The third kappa shape index (κ3) is 6.25. The summed E-state index contributed by atoms with van der Waals surface area (Å²) >= 11 is 0. The predicted octanol–water partition coefficient (Wildman–Crippen LogP) is 2.78. The predicted molar refractivity (Wildman–Crippen MR) is 99.7 cm³/mol. The summed E-state index contributed by atoms with van der Waals surface area (Å²) in [5.41, 5.74) is 2.58. The van der Waals surface area contributed by atoms with Crippen molar-refractivity contribution in [1.29, 1.82) is 0 Å². The lowest BCUT2D eigenvalue weighted by atomic mass is 9.91. The molecule has 1 amide bonds. The second kappa shape index (κ2) is 9.80. The first-order valence-corrected chi connectivity index (χ1v) is 9.29. The summed E-state index contributed by atoms with van der Waals surface area (Å²) in [6.45, 7) is 9.55. The van der Waals surface area contributed by atoms with E-state index in [0.717, 1.165) is 31.3 Å². The number of hydrogen-bond donors (Lipinski definition) is 2. The summed E-state index contributed by atoms with van der Waals surface area (Å²) in [5, 5.41) is 6.14. The van der Waals surface area contributed by atoms with E-state index in [1.807, 2.05) is 7.05 Å². The molecule has 1 aromatic carbocycles. The zero-order valence-corrected chi connectivity index (χ0v) is 15.5. The fourth-order valence-corrected chi connectivity index (χ4v) is 3.75. The van der Waals surface area contributed by atoms with Crippen molar-refractivity contribution in [3.05, 3.63) is 35.4 Å². The molecule has 1 heterocycles. The second-order valence-electron chi connectivity index (χ2n) is 7.39. The molecule has 1 aliphatic heterocycles. The van der Waals surface area contributed by atoms with E-state index < -0.39 is 0 Å². The van der Waals surface area contributed by atoms with Crippen LogP contribution in [-0.4, -0.2) is 37.5 Å². The van der Waals surface area contributed by atoms with Crippen molar-refractivity contribution < 1.29 is 4.79 Å². The van der Waals surface area contributed by atoms with Gasteiger partial charge in [0.1, 0.15) is 0 Å². The van der Waals surface area contributed by atoms with Crippen LogP contribution in [0.3, 0.4) is 0 Å². The molecule has 2 unspecified atom stereocenters. The molecular weight excluding hydrogens is 298 g/mol. The van der Waals surface area contributed by atoms with E-state index >= 15 is 0 Å². The third-order valence-corrected chi connectivity index (χ3v) is 4.76. The number of carbonyl (C=O) groups is 1. The SMILES string of the molecule is CNCCCC(=O)NCc1ccccc1CN1CC(C)CC(C)C1. The summed E-state index contributed by atoms with van der Waals surface area (Å²) in [5.74, 6) is 1.68. The second-order valence-corrected chi connectivity index (χ2v) is 7.39. The maximum Gasteiger partial charge on any atom is 0.220 e. The summed E-state index contributed by atoms with van der Waals surface area (Å²) in [6, 6.07) is 8.50. The Bertz CT molecular complexity index is 507. The van der Waals surface area contributed by atoms with Crippen LogP contribution >= 0.6 is 0 Å². The van der Waals surface area contributed by atoms with Crippen molar-refractivity contribution in [2.45, 2.75) is 46.2 Å². The van der Waals surface area contributed by atoms with Crippen molar-refractivity contribution in [3.63, 3.8) is 0 Å². The average molecular weight is 332 g/mol. The number of amides is 1. The Morgan fingerprint density at radius 1 is 1.17 bits per heavy atom. The van der Waals surface area contributed by atoms with Gasteiger partial charge in [-0.15, -0.1) is 0 Å². The minimum Gasteiger partial charge on any atom is -0.352 e. The molecule has 0 aromatic heterocycles. The summed E-state index contributed by atoms with van der Waals surface area (Å²) in [7, 11) is 1.91. The van der Waals surface area contributed by atoms with E-state index in [0.29, 0.717) is 13.0 Å². The van der Waals surface area contributed by atoms with Gasteiger partial charge < -0.3 is 10.6 Å². The van der Waals surface area contributed by atoms with Gasteiger partial charge in [-0.3, -0.25) is 9.69 Å². The first-order chi connectivity index (χ1) is 11.6. The topological polar surface area (TPSA) is 44.4 Å². The smallest absolute Gasteiger partial charge is 0.220 e. The molecule has 24 heavy (non-hydrogen) atoms. The molecule has 0 spiro atoms. The molecule has 0 radical (unpaired) electrons. The molecule has 2 N–H and O–H groups in total. The Morgan fingerprint density at radius 3 is 2.50 bits per heavy atom. The van der Waals surface area contributed by atoms with E-state index in [9.17, 15) is 4.79 Å². The van der Waals surface area contributed by atoms with Gasteiger partial charge in [-0.2, -0.15) is 0 Å². The van der Waals surface area contributed by atoms with Crippen LogP contribution in [0.25, 0.3) is 0 Å². The molecular formula is C20H33N3O. The van der Waals surface area contributed by atoms with Crippen LogP contribution in [0, 0.1) is 11.8 Å². The van der Waals surface area contributed by atoms with Gasteiger partial charge in [0, 0.05) is 32.6 Å². The van der Waals surface area contributed by atoms with E-state index in [4.69, 9.17) is 0 Å². The number of nitrogens with one attached hydrogen (secondary N) is 2. The zero-order valence-electron chi connectivity index (χ0n) is 15.5. The molecule has 2 atom stereocenters. The normalized spacial score (nSPS) is 21.6. The molecule has 0 aliphatic carbocycles. The Kier molecular flexibility index (Phi) is 7.73. The minimum atomic E-state index is 0.139. The highest BCUT2D eigenvalue weighted by atomic mass is 16.1. The first-order valence-electron chi connectivity index (χ1n) is 9.29. The van der Waals surface area contributed by atoms with Crippen LogP contribution in [0.1, 0.15) is 44.2 Å². The molecule has 1 aliphatic rings. The lowest BCUT2D eigenvalue weighted by molar-refractivity contribution is -0.121. The third-order valence-electron chi connectivity index (χ3n) is 4.76. The number of benzene rings is 1. The Balaban J connectivity index is 1.89. The summed E-state index contributed by atoms with van der Waals surface area (Å²) < 4.78 is 0. The van der Waals surface area contributed by atoms with Crippen LogP contribution in [0.2, 0.25) is 0 Å². The first kappa shape index (κ1) is 18.9. The van der Waals surface area contributed by atoms with Crippen molar-refractivity contribution in [1.82, 2.24) is 15.5 Å². The summed E-state index contributed by atoms with van der Waals surface area (Å²) in [4.78, 5) is 14.5.